The largest absolute Gasteiger partial charge is 0.495 e. The van der Waals surface area contributed by atoms with Crippen LogP contribution in [0.1, 0.15) is 0 Å². The van der Waals surface area contributed by atoms with Crippen LogP contribution in [0.5, 0.6) is 5.75 Å². The molecule has 0 aliphatic rings. The number of rotatable bonds is 3. The van der Waals surface area contributed by atoms with Crippen molar-refractivity contribution >= 4 is 39.2 Å². The Kier molecular flexibility index (Phi) is 3.65. The maximum Gasteiger partial charge on any atom is 0.323 e. The lowest BCUT2D eigenvalue weighted by atomic mass is 10.3. The topological polar surface area (TPSA) is 76.1 Å². The van der Waals surface area contributed by atoms with E-state index >= 15 is 0 Å². The van der Waals surface area contributed by atoms with Gasteiger partial charge in [0.15, 0.2) is 0 Å². The molecule has 0 aliphatic carbocycles. The lowest BCUT2D eigenvalue weighted by Crippen LogP contribution is -2.19. The van der Waals surface area contributed by atoms with E-state index in [9.17, 15) is 4.79 Å². The van der Waals surface area contributed by atoms with Gasteiger partial charge in [0, 0.05) is 5.69 Å². The molecule has 0 atom stereocenters. The number of nitrogens with one attached hydrogen (secondary N) is 2. The van der Waals surface area contributed by atoms with Crippen molar-refractivity contribution in [2.45, 2.75) is 0 Å². The lowest BCUT2D eigenvalue weighted by molar-refractivity contribution is 0.262. The Bertz CT molecular complexity index is 787. The van der Waals surface area contributed by atoms with Crippen molar-refractivity contribution in [2.24, 2.45) is 0 Å². The van der Waals surface area contributed by atoms with E-state index in [-0.39, 0.29) is 6.03 Å². The highest BCUT2D eigenvalue weighted by atomic mass is 32.1. The number of ether oxygens (including phenoxy) is 1. The van der Waals surface area contributed by atoms with Crippen molar-refractivity contribution < 1.29 is 9.53 Å². The van der Waals surface area contributed by atoms with Gasteiger partial charge < -0.3 is 15.4 Å². The van der Waals surface area contributed by atoms with Gasteiger partial charge in [-0.15, -0.1) is 5.10 Å². The number of methoxy groups -OCH3 is 1. The molecule has 1 heterocycles. The van der Waals surface area contributed by atoms with Crippen LogP contribution in [0.4, 0.5) is 16.2 Å². The van der Waals surface area contributed by atoms with E-state index in [2.05, 4.69) is 20.2 Å². The molecule has 2 amide bonds. The third-order valence-electron chi connectivity index (χ3n) is 2.86. The summed E-state index contributed by atoms with van der Waals surface area (Å²) < 4.78 is 10.0. The number of carbonyl (C=O) groups excluding carboxylic acids is 1. The number of carbonyl (C=O) groups is 1. The second-order valence-electron chi connectivity index (χ2n) is 4.23. The van der Waals surface area contributed by atoms with Crippen molar-refractivity contribution in [1.82, 2.24) is 9.59 Å². The quantitative estimate of drug-likeness (QED) is 0.777. The van der Waals surface area contributed by atoms with Gasteiger partial charge in [-0.05, 0) is 41.9 Å². The number of hydrogen-bond acceptors (Lipinski definition) is 5. The first-order valence-corrected chi connectivity index (χ1v) is 6.97. The molecule has 0 saturated heterocycles. The predicted molar refractivity (Wildman–Crippen MR) is 83.1 cm³/mol. The van der Waals surface area contributed by atoms with Gasteiger partial charge in [0.05, 0.1) is 17.5 Å². The summed E-state index contributed by atoms with van der Waals surface area (Å²) in [6.07, 6.45) is 0. The maximum absolute atomic E-state index is 12.0. The summed E-state index contributed by atoms with van der Waals surface area (Å²) in [7, 11) is 1.56. The number of aromatic nitrogens is 2. The summed E-state index contributed by atoms with van der Waals surface area (Å²) in [6, 6.07) is 12.3. The van der Waals surface area contributed by atoms with Gasteiger partial charge >= 0.3 is 6.03 Å². The average Bonchev–Trinajstić information content (AvgIpc) is 2.95. The summed E-state index contributed by atoms with van der Waals surface area (Å²) in [5.74, 6) is 0.604. The lowest BCUT2D eigenvalue weighted by Gasteiger charge is -2.10. The Morgan fingerprint density at radius 3 is 2.90 bits per heavy atom. The second kappa shape index (κ2) is 5.76. The van der Waals surface area contributed by atoms with Crippen LogP contribution in [0, 0.1) is 0 Å². The van der Waals surface area contributed by atoms with E-state index in [0.29, 0.717) is 17.1 Å². The van der Waals surface area contributed by atoms with Crippen molar-refractivity contribution in [1.29, 1.82) is 0 Å². The molecule has 6 nitrogen and oxygen atoms in total. The number of nitrogens with zero attached hydrogens (tertiary/aromatic N) is 2. The molecule has 0 spiro atoms. The van der Waals surface area contributed by atoms with Gasteiger partial charge in [0.25, 0.3) is 0 Å². The molecule has 1 aromatic heterocycles. The second-order valence-corrected chi connectivity index (χ2v) is 5.02. The molecule has 21 heavy (non-hydrogen) atoms. The SMILES string of the molecule is COc1ccccc1NC(=O)Nc1ccc2snnc2c1. The predicted octanol–water partition coefficient (Wildman–Crippen LogP) is 3.34. The molecular formula is C14H12N4O2S. The summed E-state index contributed by atoms with van der Waals surface area (Å²) in [4.78, 5) is 12.0. The van der Waals surface area contributed by atoms with Crippen molar-refractivity contribution in [3.05, 3.63) is 42.5 Å². The fourth-order valence-corrected chi connectivity index (χ4v) is 2.43. The highest BCUT2D eigenvalue weighted by Crippen LogP contribution is 2.24. The van der Waals surface area contributed by atoms with Crippen molar-refractivity contribution in [3.63, 3.8) is 0 Å². The van der Waals surface area contributed by atoms with Crippen LogP contribution in [0.25, 0.3) is 10.2 Å². The summed E-state index contributed by atoms with van der Waals surface area (Å²) >= 11 is 1.32. The fraction of sp³-hybridized carbons (Fsp3) is 0.0714. The van der Waals surface area contributed by atoms with Crippen LogP contribution in [0.2, 0.25) is 0 Å². The molecule has 106 valence electrons. The summed E-state index contributed by atoms with van der Waals surface area (Å²) in [5.41, 5.74) is 2.02. The van der Waals surface area contributed by atoms with Gasteiger partial charge in [-0.3, -0.25) is 0 Å². The molecule has 2 aromatic carbocycles. The van der Waals surface area contributed by atoms with E-state index in [1.54, 1.807) is 25.3 Å². The monoisotopic (exact) mass is 300 g/mol. The standard InChI is InChI=1S/C14H12N4O2S/c1-20-12-5-3-2-4-10(12)16-14(19)15-9-6-7-13-11(8-9)17-18-21-13/h2-8H,1H3,(H2,15,16,19). The van der Waals surface area contributed by atoms with E-state index in [1.165, 1.54) is 11.5 Å². The van der Waals surface area contributed by atoms with Gasteiger partial charge in [0.2, 0.25) is 0 Å². The highest BCUT2D eigenvalue weighted by Gasteiger charge is 2.08. The molecule has 7 heteroatoms. The van der Waals surface area contributed by atoms with Crippen molar-refractivity contribution in [3.8, 4) is 5.75 Å². The number of benzene rings is 2. The third-order valence-corrected chi connectivity index (χ3v) is 3.56. The minimum atomic E-state index is -0.345. The van der Waals surface area contributed by atoms with E-state index in [0.717, 1.165) is 10.2 Å². The summed E-state index contributed by atoms with van der Waals surface area (Å²) in [5, 5.41) is 9.47. The average molecular weight is 300 g/mol. The van der Waals surface area contributed by atoms with Crippen LogP contribution >= 0.6 is 11.5 Å². The maximum atomic E-state index is 12.0. The number of hydrogen-bond donors (Lipinski definition) is 2. The van der Waals surface area contributed by atoms with Crippen LogP contribution in [-0.2, 0) is 0 Å². The first-order valence-electron chi connectivity index (χ1n) is 6.19. The van der Waals surface area contributed by atoms with Gasteiger partial charge in [0.1, 0.15) is 11.3 Å². The zero-order chi connectivity index (χ0) is 14.7. The zero-order valence-electron chi connectivity index (χ0n) is 11.2. The molecule has 0 unspecified atom stereocenters. The fourth-order valence-electron chi connectivity index (χ4n) is 1.89. The molecule has 3 rings (SSSR count). The first-order chi connectivity index (χ1) is 10.3. The Labute approximate surface area is 124 Å². The first kappa shape index (κ1) is 13.3. The molecule has 3 aromatic rings. The van der Waals surface area contributed by atoms with Crippen LogP contribution < -0.4 is 15.4 Å². The minimum Gasteiger partial charge on any atom is -0.495 e. The molecule has 0 bridgehead atoms. The van der Waals surface area contributed by atoms with Gasteiger partial charge in [-0.1, -0.05) is 16.6 Å². The zero-order valence-corrected chi connectivity index (χ0v) is 12.0. The normalized spacial score (nSPS) is 10.3. The number of anilines is 2. The van der Waals surface area contributed by atoms with Crippen LogP contribution in [0.15, 0.2) is 42.5 Å². The molecular weight excluding hydrogens is 288 g/mol. The number of urea groups is 1. The highest BCUT2D eigenvalue weighted by molar-refractivity contribution is 7.12. The number of amides is 2. The Hall–Kier alpha value is -2.67. The van der Waals surface area contributed by atoms with Crippen LogP contribution in [0.3, 0.4) is 0 Å². The molecule has 0 aliphatic heterocycles. The number of fused-ring (bicyclic) bond motifs is 1. The number of para-hydroxylation sites is 2. The molecule has 0 fully saturated rings. The van der Waals surface area contributed by atoms with Crippen molar-refractivity contribution in [2.75, 3.05) is 17.7 Å². The summed E-state index contributed by atoms with van der Waals surface area (Å²) in [6.45, 7) is 0. The van der Waals surface area contributed by atoms with E-state index < -0.39 is 0 Å². The third kappa shape index (κ3) is 2.92. The van der Waals surface area contributed by atoms with E-state index in [4.69, 9.17) is 4.74 Å². The Morgan fingerprint density at radius 1 is 1.19 bits per heavy atom. The van der Waals surface area contributed by atoms with Gasteiger partial charge in [-0.25, -0.2) is 4.79 Å². The van der Waals surface area contributed by atoms with Gasteiger partial charge in [-0.2, -0.15) is 0 Å². The molecule has 0 radical (unpaired) electrons. The molecule has 0 saturated carbocycles. The smallest absolute Gasteiger partial charge is 0.323 e. The van der Waals surface area contributed by atoms with E-state index in [1.807, 2.05) is 24.3 Å². The molecule has 2 N–H and O–H groups in total. The van der Waals surface area contributed by atoms with Crippen LogP contribution in [-0.4, -0.2) is 22.7 Å². The minimum absolute atomic E-state index is 0.345. The Balaban J connectivity index is 1.73. The Morgan fingerprint density at radius 2 is 2.05 bits per heavy atom.